The third-order valence-electron chi connectivity index (χ3n) is 5.68. The Morgan fingerprint density at radius 2 is 1.91 bits per heavy atom. The molecule has 1 fully saturated rings. The number of rotatable bonds is 5. The lowest BCUT2D eigenvalue weighted by Crippen LogP contribution is -2.17. The Hall–Kier alpha value is -3.44. The van der Waals surface area contributed by atoms with Gasteiger partial charge in [0, 0.05) is 17.5 Å². The van der Waals surface area contributed by atoms with E-state index < -0.39 is 5.82 Å². The number of ether oxygens (including phenoxy) is 2. The zero-order valence-corrected chi connectivity index (χ0v) is 18.1. The minimum absolute atomic E-state index is 0.0322. The average molecular weight is 464 g/mol. The molecule has 2 N–H and O–H groups in total. The Kier molecular flexibility index (Phi) is 5.73. The number of aliphatic hydroxyl groups excluding tert-OH is 1. The van der Waals surface area contributed by atoms with E-state index in [0.29, 0.717) is 40.7 Å². The summed E-state index contributed by atoms with van der Waals surface area (Å²) in [7, 11) is 0. The van der Waals surface area contributed by atoms with Gasteiger partial charge in [-0.1, -0.05) is 41.9 Å². The summed E-state index contributed by atoms with van der Waals surface area (Å²) in [5.41, 5.74) is 4.50. The van der Waals surface area contributed by atoms with Crippen LogP contribution in [-0.2, 0) is 4.74 Å². The van der Waals surface area contributed by atoms with Gasteiger partial charge in [-0.05, 0) is 35.4 Å². The fourth-order valence-corrected chi connectivity index (χ4v) is 4.24. The Morgan fingerprint density at radius 1 is 1.15 bits per heavy atom. The van der Waals surface area contributed by atoms with Crippen molar-refractivity contribution in [2.45, 2.75) is 18.6 Å². The molecule has 166 valence electrons. The molecule has 1 aliphatic rings. The second kappa shape index (κ2) is 8.83. The van der Waals surface area contributed by atoms with Crippen LogP contribution in [0.5, 0.6) is 6.01 Å². The van der Waals surface area contributed by atoms with Crippen LogP contribution in [0.1, 0.15) is 12.0 Å². The third kappa shape index (κ3) is 4.29. The lowest BCUT2D eigenvalue weighted by molar-refractivity contribution is 0.0528. The van der Waals surface area contributed by atoms with Gasteiger partial charge in [-0.15, -0.1) is 0 Å². The Bertz CT molecular complexity index is 1360. The van der Waals surface area contributed by atoms with Gasteiger partial charge < -0.3 is 19.6 Å². The molecule has 0 amide bonds. The van der Waals surface area contributed by atoms with Crippen LogP contribution in [-0.4, -0.2) is 40.5 Å². The number of nitriles is 1. The molecule has 2 atom stereocenters. The molecule has 3 aromatic carbocycles. The average Bonchev–Trinajstić information content (AvgIpc) is 3.44. The highest BCUT2D eigenvalue weighted by Crippen LogP contribution is 2.34. The number of hydrogen-bond acceptors (Lipinski definition) is 5. The van der Waals surface area contributed by atoms with Gasteiger partial charge in [0.2, 0.25) is 0 Å². The van der Waals surface area contributed by atoms with Crippen LogP contribution in [0.15, 0.2) is 54.6 Å². The standard InChI is InChI=1S/C25H19ClFN3O3/c26-21-10-24-23(29-25(30-24)33-18-8-17(12-31)32-13-18)9-20(21)16-4-2-15(3-5-16)19-6-1-14(11-28)7-22(19)27/h1-7,9-10,17-18,31H,8,12-13H2,(H,29,30)/t17-,18?/m0/s1. The lowest BCUT2D eigenvalue weighted by Gasteiger charge is -2.08. The molecule has 1 saturated heterocycles. The van der Waals surface area contributed by atoms with Crippen molar-refractivity contribution in [2.75, 3.05) is 13.2 Å². The van der Waals surface area contributed by atoms with E-state index >= 15 is 0 Å². The topological polar surface area (TPSA) is 91.2 Å². The van der Waals surface area contributed by atoms with Gasteiger partial charge in [0.15, 0.2) is 0 Å². The molecule has 1 unspecified atom stereocenters. The van der Waals surface area contributed by atoms with Crippen molar-refractivity contribution in [3.63, 3.8) is 0 Å². The molecular weight excluding hydrogens is 445 g/mol. The highest BCUT2D eigenvalue weighted by atomic mass is 35.5. The van der Waals surface area contributed by atoms with Crippen LogP contribution in [0.4, 0.5) is 4.39 Å². The zero-order valence-electron chi connectivity index (χ0n) is 17.4. The molecule has 0 bridgehead atoms. The number of aromatic amines is 1. The second-order valence-corrected chi connectivity index (χ2v) is 8.30. The quantitative estimate of drug-likeness (QED) is 0.430. The molecule has 5 rings (SSSR count). The van der Waals surface area contributed by atoms with Gasteiger partial charge >= 0.3 is 0 Å². The lowest BCUT2D eigenvalue weighted by atomic mass is 9.99. The number of aliphatic hydroxyl groups is 1. The number of benzene rings is 3. The van der Waals surface area contributed by atoms with Gasteiger partial charge in [0.1, 0.15) is 11.9 Å². The minimum Gasteiger partial charge on any atom is -0.459 e. The molecule has 0 radical (unpaired) electrons. The molecule has 33 heavy (non-hydrogen) atoms. The number of imidazole rings is 1. The largest absolute Gasteiger partial charge is 0.459 e. The van der Waals surface area contributed by atoms with E-state index in [-0.39, 0.29) is 24.4 Å². The SMILES string of the molecule is N#Cc1ccc(-c2ccc(-c3cc4nc(OC5CO[C@H](CO)C5)[nH]c4cc3Cl)cc2)c(F)c1. The smallest absolute Gasteiger partial charge is 0.294 e. The first kappa shape index (κ1) is 21.4. The van der Waals surface area contributed by atoms with Crippen molar-refractivity contribution >= 4 is 22.6 Å². The van der Waals surface area contributed by atoms with Crippen LogP contribution in [0.25, 0.3) is 33.3 Å². The molecule has 0 aliphatic carbocycles. The number of halogens is 2. The van der Waals surface area contributed by atoms with Crippen LogP contribution in [0.2, 0.25) is 5.02 Å². The highest BCUT2D eigenvalue weighted by molar-refractivity contribution is 6.34. The van der Waals surface area contributed by atoms with Crippen LogP contribution >= 0.6 is 11.6 Å². The normalized spacial score (nSPS) is 17.9. The first-order valence-electron chi connectivity index (χ1n) is 10.4. The number of nitrogens with one attached hydrogen (secondary N) is 1. The number of fused-ring (bicyclic) bond motifs is 1. The summed E-state index contributed by atoms with van der Waals surface area (Å²) >= 11 is 6.54. The number of nitrogens with zero attached hydrogens (tertiary/aromatic N) is 2. The monoisotopic (exact) mass is 463 g/mol. The summed E-state index contributed by atoms with van der Waals surface area (Å²) in [6, 6.07) is 17.8. The number of H-pyrrole nitrogens is 1. The Labute approximate surface area is 194 Å². The van der Waals surface area contributed by atoms with Crippen molar-refractivity contribution < 1.29 is 19.0 Å². The first-order valence-corrected chi connectivity index (χ1v) is 10.8. The van der Waals surface area contributed by atoms with E-state index in [4.69, 9.17) is 26.3 Å². The van der Waals surface area contributed by atoms with Crippen LogP contribution in [0.3, 0.4) is 0 Å². The Balaban J connectivity index is 1.40. The van der Waals surface area contributed by atoms with E-state index in [9.17, 15) is 9.50 Å². The van der Waals surface area contributed by atoms with Gasteiger partial charge in [-0.25, -0.2) is 4.39 Å². The highest BCUT2D eigenvalue weighted by Gasteiger charge is 2.27. The van der Waals surface area contributed by atoms with Crippen molar-refractivity contribution in [3.05, 3.63) is 71.0 Å². The zero-order chi connectivity index (χ0) is 22.9. The molecule has 4 aromatic rings. The summed E-state index contributed by atoms with van der Waals surface area (Å²) < 4.78 is 25.7. The van der Waals surface area contributed by atoms with E-state index in [1.165, 1.54) is 6.07 Å². The maximum Gasteiger partial charge on any atom is 0.294 e. The van der Waals surface area contributed by atoms with E-state index in [1.54, 1.807) is 18.2 Å². The first-order chi connectivity index (χ1) is 16.0. The second-order valence-electron chi connectivity index (χ2n) is 7.89. The summed E-state index contributed by atoms with van der Waals surface area (Å²) in [5.74, 6) is -0.441. The van der Waals surface area contributed by atoms with Crippen molar-refractivity contribution in [2.24, 2.45) is 0 Å². The summed E-state index contributed by atoms with van der Waals surface area (Å²) in [6.45, 7) is 0.371. The summed E-state index contributed by atoms with van der Waals surface area (Å²) in [4.78, 5) is 7.64. The molecule has 0 spiro atoms. The van der Waals surface area contributed by atoms with E-state index in [1.807, 2.05) is 36.4 Å². The van der Waals surface area contributed by atoms with Gasteiger partial charge in [0.05, 0.1) is 47.0 Å². The third-order valence-corrected chi connectivity index (χ3v) is 5.99. The van der Waals surface area contributed by atoms with Crippen LogP contribution < -0.4 is 4.74 Å². The summed E-state index contributed by atoms with van der Waals surface area (Å²) in [5, 5.41) is 18.7. The van der Waals surface area contributed by atoms with Crippen molar-refractivity contribution in [1.29, 1.82) is 5.26 Å². The molecule has 0 saturated carbocycles. The fourth-order valence-electron chi connectivity index (χ4n) is 3.97. The van der Waals surface area contributed by atoms with Crippen molar-refractivity contribution in [3.8, 4) is 34.3 Å². The Morgan fingerprint density at radius 3 is 2.58 bits per heavy atom. The molecule has 1 aromatic heterocycles. The maximum absolute atomic E-state index is 14.4. The number of hydrogen-bond donors (Lipinski definition) is 2. The molecule has 6 nitrogen and oxygen atoms in total. The van der Waals surface area contributed by atoms with Gasteiger partial charge in [-0.3, -0.25) is 0 Å². The molecule has 2 heterocycles. The molecule has 8 heteroatoms. The van der Waals surface area contributed by atoms with Crippen LogP contribution in [0, 0.1) is 17.1 Å². The van der Waals surface area contributed by atoms with Gasteiger partial charge in [0.25, 0.3) is 6.01 Å². The van der Waals surface area contributed by atoms with E-state index in [0.717, 1.165) is 16.6 Å². The predicted molar refractivity (Wildman–Crippen MR) is 123 cm³/mol. The van der Waals surface area contributed by atoms with E-state index in [2.05, 4.69) is 9.97 Å². The molecular formula is C25H19ClFN3O3. The predicted octanol–water partition coefficient (Wildman–Crippen LogP) is 5.09. The molecule has 1 aliphatic heterocycles. The fraction of sp³-hybridized carbons (Fsp3) is 0.200. The summed E-state index contributed by atoms with van der Waals surface area (Å²) in [6.07, 6.45) is 0.222. The maximum atomic E-state index is 14.4. The number of aromatic nitrogens is 2. The van der Waals surface area contributed by atoms with Crippen molar-refractivity contribution in [1.82, 2.24) is 9.97 Å². The van der Waals surface area contributed by atoms with Gasteiger partial charge in [-0.2, -0.15) is 10.2 Å². The minimum atomic E-state index is -0.441.